The molecule has 96 valence electrons. The van der Waals surface area contributed by atoms with Crippen LogP contribution < -0.4 is 10.5 Å². The fourth-order valence-corrected chi connectivity index (χ4v) is 1.78. The van der Waals surface area contributed by atoms with E-state index in [-0.39, 0.29) is 12.5 Å². The molecule has 0 heterocycles. The summed E-state index contributed by atoms with van der Waals surface area (Å²) in [5.41, 5.74) is 5.74. The minimum atomic E-state index is -0.846. The molecule has 0 saturated carbocycles. The smallest absolute Gasteiger partial charge is 0.138 e. The highest BCUT2D eigenvalue weighted by Crippen LogP contribution is 2.30. The average Bonchev–Trinajstić information content (AvgIpc) is 2.26. The van der Waals surface area contributed by atoms with Gasteiger partial charge in [0.15, 0.2) is 0 Å². The predicted octanol–water partition coefficient (Wildman–Crippen LogP) is 2.69. The summed E-state index contributed by atoms with van der Waals surface area (Å²) in [4.78, 5) is 0. The summed E-state index contributed by atoms with van der Waals surface area (Å²) in [6.45, 7) is 6.37. The lowest BCUT2D eigenvalue weighted by molar-refractivity contribution is -0.0270. The first-order valence-electron chi connectivity index (χ1n) is 5.71. The van der Waals surface area contributed by atoms with Gasteiger partial charge < -0.3 is 15.6 Å². The molecule has 4 heteroatoms. The van der Waals surface area contributed by atoms with Crippen molar-refractivity contribution < 1.29 is 9.84 Å². The molecule has 1 unspecified atom stereocenters. The summed E-state index contributed by atoms with van der Waals surface area (Å²) in [6.07, 6.45) is 0. The van der Waals surface area contributed by atoms with E-state index in [2.05, 4.69) is 15.9 Å². The molecular formula is C13H20BrNO2. The van der Waals surface area contributed by atoms with Crippen molar-refractivity contribution in [2.45, 2.75) is 32.9 Å². The lowest BCUT2D eigenvalue weighted by Crippen LogP contribution is -2.38. The van der Waals surface area contributed by atoms with Crippen LogP contribution >= 0.6 is 15.9 Å². The van der Waals surface area contributed by atoms with E-state index in [0.29, 0.717) is 6.54 Å². The van der Waals surface area contributed by atoms with E-state index in [1.807, 2.05) is 32.0 Å². The van der Waals surface area contributed by atoms with Crippen LogP contribution in [0.3, 0.4) is 0 Å². The highest BCUT2D eigenvalue weighted by atomic mass is 79.9. The fraction of sp³-hybridized carbons (Fsp3) is 0.538. The Kier molecular flexibility index (Phi) is 4.98. The predicted molar refractivity (Wildman–Crippen MR) is 73.0 cm³/mol. The van der Waals surface area contributed by atoms with Gasteiger partial charge in [0, 0.05) is 12.1 Å². The van der Waals surface area contributed by atoms with E-state index >= 15 is 0 Å². The van der Waals surface area contributed by atoms with Crippen molar-refractivity contribution in [2.24, 2.45) is 11.7 Å². The van der Waals surface area contributed by atoms with Crippen molar-refractivity contribution >= 4 is 15.9 Å². The van der Waals surface area contributed by atoms with Crippen molar-refractivity contribution in [3.05, 3.63) is 28.2 Å². The second-order valence-corrected chi connectivity index (χ2v) is 5.59. The molecule has 0 saturated heterocycles. The van der Waals surface area contributed by atoms with E-state index < -0.39 is 5.60 Å². The summed E-state index contributed by atoms with van der Waals surface area (Å²) in [5.74, 6) is 0.849. The molecule has 0 radical (unpaired) electrons. The number of hydrogen-bond donors (Lipinski definition) is 2. The Bertz CT molecular complexity index is 378. The summed E-state index contributed by atoms with van der Waals surface area (Å²) >= 11 is 3.43. The molecule has 1 aromatic carbocycles. The standard InChI is InChI=1S/C13H20BrNO2/c1-9(2)13(3,16)8-17-12-10(7-15)5-4-6-11(12)14/h4-6,9,16H,7-8,15H2,1-3H3. The van der Waals surface area contributed by atoms with Crippen LogP contribution in [0.15, 0.2) is 22.7 Å². The van der Waals surface area contributed by atoms with Crippen LogP contribution in [0, 0.1) is 5.92 Å². The third kappa shape index (κ3) is 3.69. The Morgan fingerprint density at radius 1 is 1.47 bits per heavy atom. The molecule has 3 nitrogen and oxygen atoms in total. The second kappa shape index (κ2) is 5.85. The molecule has 0 aromatic heterocycles. The zero-order chi connectivity index (χ0) is 13.1. The van der Waals surface area contributed by atoms with Crippen molar-refractivity contribution in [1.82, 2.24) is 0 Å². The molecular weight excluding hydrogens is 282 g/mol. The number of aliphatic hydroxyl groups is 1. The van der Waals surface area contributed by atoms with Gasteiger partial charge in [-0.15, -0.1) is 0 Å². The molecule has 1 rings (SSSR count). The zero-order valence-corrected chi connectivity index (χ0v) is 12.1. The van der Waals surface area contributed by atoms with E-state index in [0.717, 1.165) is 15.8 Å². The van der Waals surface area contributed by atoms with Gasteiger partial charge in [0.05, 0.1) is 10.1 Å². The maximum atomic E-state index is 10.1. The minimum absolute atomic E-state index is 0.131. The molecule has 1 aromatic rings. The summed E-state index contributed by atoms with van der Waals surface area (Å²) in [5, 5.41) is 10.1. The van der Waals surface area contributed by atoms with Gasteiger partial charge in [-0.3, -0.25) is 0 Å². The Labute approximate surface area is 111 Å². The normalized spacial score (nSPS) is 14.8. The number of rotatable bonds is 5. The lowest BCUT2D eigenvalue weighted by Gasteiger charge is -2.28. The van der Waals surface area contributed by atoms with Gasteiger partial charge in [-0.2, -0.15) is 0 Å². The van der Waals surface area contributed by atoms with Crippen LogP contribution in [-0.2, 0) is 6.54 Å². The first-order valence-corrected chi connectivity index (χ1v) is 6.50. The molecule has 0 aliphatic heterocycles. The molecule has 0 spiro atoms. The number of para-hydroxylation sites is 1. The lowest BCUT2D eigenvalue weighted by atomic mass is 9.94. The third-order valence-corrected chi connectivity index (χ3v) is 3.65. The Hall–Kier alpha value is -0.580. The molecule has 0 aliphatic rings. The van der Waals surface area contributed by atoms with E-state index in [4.69, 9.17) is 10.5 Å². The third-order valence-electron chi connectivity index (χ3n) is 3.02. The second-order valence-electron chi connectivity index (χ2n) is 4.73. The number of hydrogen-bond acceptors (Lipinski definition) is 3. The quantitative estimate of drug-likeness (QED) is 0.879. The largest absolute Gasteiger partial charge is 0.489 e. The molecule has 0 fully saturated rings. The van der Waals surface area contributed by atoms with Crippen molar-refractivity contribution in [2.75, 3.05) is 6.61 Å². The highest BCUT2D eigenvalue weighted by molar-refractivity contribution is 9.10. The fourth-order valence-electron chi connectivity index (χ4n) is 1.26. The van der Waals surface area contributed by atoms with Crippen LogP contribution in [0.4, 0.5) is 0 Å². The van der Waals surface area contributed by atoms with Crippen LogP contribution in [0.25, 0.3) is 0 Å². The van der Waals surface area contributed by atoms with Gasteiger partial charge in [-0.1, -0.05) is 26.0 Å². The summed E-state index contributed by atoms with van der Waals surface area (Å²) < 4.78 is 6.57. The maximum Gasteiger partial charge on any atom is 0.138 e. The molecule has 0 aliphatic carbocycles. The number of ether oxygens (including phenoxy) is 1. The van der Waals surface area contributed by atoms with Crippen LogP contribution in [-0.4, -0.2) is 17.3 Å². The van der Waals surface area contributed by atoms with Gasteiger partial charge in [0.1, 0.15) is 12.4 Å². The summed E-state index contributed by atoms with van der Waals surface area (Å²) in [7, 11) is 0. The van der Waals surface area contributed by atoms with Gasteiger partial charge in [-0.25, -0.2) is 0 Å². The van der Waals surface area contributed by atoms with E-state index in [9.17, 15) is 5.11 Å². The first kappa shape index (κ1) is 14.5. The van der Waals surface area contributed by atoms with Crippen LogP contribution in [0.1, 0.15) is 26.3 Å². The van der Waals surface area contributed by atoms with Gasteiger partial charge in [-0.05, 0) is 34.8 Å². The average molecular weight is 302 g/mol. The SMILES string of the molecule is CC(C)C(C)(O)COc1c(Br)cccc1CN. The number of benzene rings is 1. The van der Waals surface area contributed by atoms with E-state index in [1.54, 1.807) is 6.92 Å². The van der Waals surface area contributed by atoms with Crippen molar-refractivity contribution in [3.8, 4) is 5.75 Å². The summed E-state index contributed by atoms with van der Waals surface area (Å²) in [6, 6.07) is 5.74. The molecule has 0 bridgehead atoms. The highest BCUT2D eigenvalue weighted by Gasteiger charge is 2.26. The van der Waals surface area contributed by atoms with Crippen molar-refractivity contribution in [1.29, 1.82) is 0 Å². The minimum Gasteiger partial charge on any atom is -0.489 e. The van der Waals surface area contributed by atoms with Gasteiger partial charge >= 0.3 is 0 Å². The molecule has 0 amide bonds. The molecule has 1 atom stereocenters. The van der Waals surface area contributed by atoms with Gasteiger partial charge in [0.2, 0.25) is 0 Å². The number of halogens is 1. The van der Waals surface area contributed by atoms with Gasteiger partial charge in [0.25, 0.3) is 0 Å². The topological polar surface area (TPSA) is 55.5 Å². The maximum absolute atomic E-state index is 10.1. The number of nitrogens with two attached hydrogens (primary N) is 1. The van der Waals surface area contributed by atoms with Crippen LogP contribution in [0.2, 0.25) is 0 Å². The zero-order valence-electron chi connectivity index (χ0n) is 10.5. The Balaban J connectivity index is 2.82. The van der Waals surface area contributed by atoms with Crippen molar-refractivity contribution in [3.63, 3.8) is 0 Å². The molecule has 17 heavy (non-hydrogen) atoms. The Morgan fingerprint density at radius 3 is 2.65 bits per heavy atom. The monoisotopic (exact) mass is 301 g/mol. The molecule has 3 N–H and O–H groups in total. The van der Waals surface area contributed by atoms with E-state index in [1.165, 1.54) is 0 Å². The Morgan fingerprint density at radius 2 is 2.12 bits per heavy atom. The van der Waals surface area contributed by atoms with Crippen LogP contribution in [0.5, 0.6) is 5.75 Å². The first-order chi connectivity index (χ1) is 7.88.